The summed E-state index contributed by atoms with van der Waals surface area (Å²) in [4.78, 5) is 24.6. The van der Waals surface area contributed by atoms with E-state index in [0.717, 1.165) is 4.47 Å². The van der Waals surface area contributed by atoms with Crippen LogP contribution in [0.5, 0.6) is 0 Å². The van der Waals surface area contributed by atoms with E-state index in [0.29, 0.717) is 15.7 Å². The summed E-state index contributed by atoms with van der Waals surface area (Å²) in [5.41, 5.74) is 6.08. The van der Waals surface area contributed by atoms with Crippen LogP contribution in [0.25, 0.3) is 0 Å². The second-order valence-corrected chi connectivity index (χ2v) is 5.97. The number of halogens is 2. The molecule has 1 saturated heterocycles. The first kappa shape index (κ1) is 14.0. The van der Waals surface area contributed by atoms with Gasteiger partial charge in [-0.05, 0) is 28.1 Å². The summed E-state index contributed by atoms with van der Waals surface area (Å²) < 4.78 is 1.36. The summed E-state index contributed by atoms with van der Waals surface area (Å²) in [5, 5.41) is 9.17. The molecule has 0 bridgehead atoms. The van der Waals surface area contributed by atoms with Gasteiger partial charge in [0.05, 0.1) is 17.2 Å². The Morgan fingerprint density at radius 1 is 1.47 bits per heavy atom. The Morgan fingerprint density at radius 2 is 2.16 bits per heavy atom. The van der Waals surface area contributed by atoms with E-state index in [1.807, 2.05) is 6.07 Å². The van der Waals surface area contributed by atoms with Crippen LogP contribution in [0.1, 0.15) is 12.0 Å². The van der Waals surface area contributed by atoms with Gasteiger partial charge in [0.15, 0.2) is 0 Å². The molecule has 1 aliphatic heterocycles. The highest BCUT2D eigenvalue weighted by atomic mass is 79.9. The summed E-state index contributed by atoms with van der Waals surface area (Å²) in [6.45, 7) is 0.211. The van der Waals surface area contributed by atoms with Gasteiger partial charge in [0, 0.05) is 21.9 Å². The monoisotopic (exact) mass is 385 g/mol. The van der Waals surface area contributed by atoms with Crippen molar-refractivity contribution in [3.8, 4) is 6.07 Å². The zero-order valence-corrected chi connectivity index (χ0v) is 12.9. The molecule has 0 aliphatic carbocycles. The molecular weight excluding hydrogens is 378 g/mol. The molecular formula is C12H9Br2N3O2. The first-order valence-electron chi connectivity index (χ1n) is 5.43. The molecule has 1 aromatic carbocycles. The van der Waals surface area contributed by atoms with Crippen molar-refractivity contribution in [2.24, 2.45) is 11.7 Å². The highest BCUT2D eigenvalue weighted by Crippen LogP contribution is 2.36. The van der Waals surface area contributed by atoms with E-state index in [2.05, 4.69) is 31.9 Å². The first-order chi connectivity index (χ1) is 8.93. The molecule has 1 aromatic rings. The van der Waals surface area contributed by atoms with Crippen LogP contribution >= 0.6 is 31.9 Å². The number of carbonyl (C=O) groups excluding carboxylic acids is 2. The fourth-order valence-electron chi connectivity index (χ4n) is 2.04. The van der Waals surface area contributed by atoms with E-state index >= 15 is 0 Å². The van der Waals surface area contributed by atoms with E-state index in [1.165, 1.54) is 4.90 Å². The average molecular weight is 387 g/mol. The molecule has 7 heteroatoms. The fourth-order valence-corrected chi connectivity index (χ4v) is 3.48. The molecule has 0 saturated carbocycles. The van der Waals surface area contributed by atoms with Crippen molar-refractivity contribution < 1.29 is 9.59 Å². The first-order valence-corrected chi connectivity index (χ1v) is 7.01. The van der Waals surface area contributed by atoms with Crippen LogP contribution < -0.4 is 10.6 Å². The molecule has 1 heterocycles. The van der Waals surface area contributed by atoms with E-state index in [9.17, 15) is 9.59 Å². The van der Waals surface area contributed by atoms with Crippen LogP contribution in [0.15, 0.2) is 21.1 Å². The SMILES string of the molecule is N#Cc1cc(Br)cc(Br)c1N1CC(C(N)=O)CC1=O. The van der Waals surface area contributed by atoms with Crippen LogP contribution in [0, 0.1) is 17.2 Å². The van der Waals surface area contributed by atoms with Crippen LogP contribution in [0.4, 0.5) is 5.69 Å². The van der Waals surface area contributed by atoms with Gasteiger partial charge in [0.2, 0.25) is 11.8 Å². The molecule has 1 aliphatic rings. The number of nitrogens with two attached hydrogens (primary N) is 1. The zero-order chi connectivity index (χ0) is 14.2. The second-order valence-electron chi connectivity index (χ2n) is 4.20. The van der Waals surface area contributed by atoms with Crippen LogP contribution in [0.3, 0.4) is 0 Å². The molecule has 0 spiro atoms. The highest BCUT2D eigenvalue weighted by molar-refractivity contribution is 9.11. The Labute approximate surface area is 126 Å². The summed E-state index contributed by atoms with van der Waals surface area (Å²) in [6, 6.07) is 5.43. The Morgan fingerprint density at radius 3 is 2.68 bits per heavy atom. The third-order valence-corrected chi connectivity index (χ3v) is 4.01. The molecule has 2 amide bonds. The normalized spacial score (nSPS) is 18.5. The van der Waals surface area contributed by atoms with Gasteiger partial charge >= 0.3 is 0 Å². The molecule has 1 unspecified atom stereocenters. The lowest BCUT2D eigenvalue weighted by Crippen LogP contribution is -2.29. The smallest absolute Gasteiger partial charge is 0.227 e. The zero-order valence-electron chi connectivity index (χ0n) is 9.69. The molecule has 1 fully saturated rings. The van der Waals surface area contributed by atoms with Crippen molar-refractivity contribution in [3.05, 3.63) is 26.6 Å². The number of nitriles is 1. The number of benzene rings is 1. The van der Waals surface area contributed by atoms with Gasteiger partial charge in [0.25, 0.3) is 0 Å². The third kappa shape index (κ3) is 2.65. The molecule has 5 nitrogen and oxygen atoms in total. The predicted molar refractivity (Wildman–Crippen MR) is 76.2 cm³/mol. The summed E-state index contributed by atoms with van der Waals surface area (Å²) >= 11 is 6.63. The van der Waals surface area contributed by atoms with E-state index in [4.69, 9.17) is 11.0 Å². The number of primary amides is 1. The van der Waals surface area contributed by atoms with Gasteiger partial charge in [-0.2, -0.15) is 5.26 Å². The number of hydrogen-bond acceptors (Lipinski definition) is 3. The molecule has 19 heavy (non-hydrogen) atoms. The maximum Gasteiger partial charge on any atom is 0.227 e. The van der Waals surface area contributed by atoms with Crippen molar-refractivity contribution in [2.45, 2.75) is 6.42 Å². The predicted octanol–water partition coefficient (Wildman–Crippen LogP) is 1.92. The molecule has 98 valence electrons. The molecule has 0 aromatic heterocycles. The topological polar surface area (TPSA) is 87.2 Å². The van der Waals surface area contributed by atoms with Gasteiger partial charge in [-0.25, -0.2) is 0 Å². The fraction of sp³-hybridized carbons (Fsp3) is 0.250. The number of carbonyl (C=O) groups is 2. The Kier molecular flexibility index (Phi) is 3.92. The van der Waals surface area contributed by atoms with Gasteiger partial charge in [0.1, 0.15) is 6.07 Å². The summed E-state index contributed by atoms with van der Waals surface area (Å²) in [5.74, 6) is -1.21. The Hall–Kier alpha value is -1.39. The van der Waals surface area contributed by atoms with E-state index in [1.54, 1.807) is 12.1 Å². The van der Waals surface area contributed by atoms with Crippen molar-refractivity contribution >= 4 is 49.4 Å². The van der Waals surface area contributed by atoms with Crippen LogP contribution in [0.2, 0.25) is 0 Å². The molecule has 2 N–H and O–H groups in total. The lowest BCUT2D eigenvalue weighted by molar-refractivity contribution is -0.123. The average Bonchev–Trinajstić information content (AvgIpc) is 2.70. The number of anilines is 1. The quantitative estimate of drug-likeness (QED) is 0.842. The molecule has 0 radical (unpaired) electrons. The van der Waals surface area contributed by atoms with Crippen molar-refractivity contribution in [1.82, 2.24) is 0 Å². The minimum atomic E-state index is -0.505. The number of rotatable bonds is 2. The lowest BCUT2D eigenvalue weighted by Gasteiger charge is -2.19. The third-order valence-electron chi connectivity index (χ3n) is 2.95. The maximum atomic E-state index is 12.0. The van der Waals surface area contributed by atoms with Gasteiger partial charge in [-0.1, -0.05) is 15.9 Å². The van der Waals surface area contributed by atoms with E-state index in [-0.39, 0.29) is 18.9 Å². The van der Waals surface area contributed by atoms with Gasteiger partial charge in [-0.15, -0.1) is 0 Å². The minimum absolute atomic E-state index is 0.0860. The van der Waals surface area contributed by atoms with Crippen molar-refractivity contribution in [1.29, 1.82) is 5.26 Å². The van der Waals surface area contributed by atoms with Crippen LogP contribution in [-0.4, -0.2) is 18.4 Å². The summed E-state index contributed by atoms with van der Waals surface area (Å²) in [7, 11) is 0. The summed E-state index contributed by atoms with van der Waals surface area (Å²) in [6.07, 6.45) is 0.0860. The lowest BCUT2D eigenvalue weighted by atomic mass is 10.1. The number of nitrogens with zero attached hydrogens (tertiary/aromatic N) is 2. The number of hydrogen-bond donors (Lipinski definition) is 1. The van der Waals surface area contributed by atoms with Crippen molar-refractivity contribution in [3.63, 3.8) is 0 Å². The van der Waals surface area contributed by atoms with Crippen LogP contribution in [-0.2, 0) is 9.59 Å². The van der Waals surface area contributed by atoms with Gasteiger partial charge in [-0.3, -0.25) is 9.59 Å². The largest absolute Gasteiger partial charge is 0.369 e. The Balaban J connectivity index is 2.46. The van der Waals surface area contributed by atoms with E-state index < -0.39 is 11.8 Å². The Bertz CT molecular complexity index is 610. The minimum Gasteiger partial charge on any atom is -0.369 e. The maximum absolute atomic E-state index is 12.0. The van der Waals surface area contributed by atoms with Gasteiger partial charge < -0.3 is 10.6 Å². The standard InChI is InChI=1S/C12H9Br2N3O2/c13-8-1-6(4-15)11(9(14)3-8)17-5-7(12(16)19)2-10(17)18/h1,3,7H,2,5H2,(H2,16,19). The number of amides is 2. The molecule has 1 atom stereocenters. The second kappa shape index (κ2) is 5.31. The highest BCUT2D eigenvalue weighted by Gasteiger charge is 2.35. The molecule has 2 rings (SSSR count). The van der Waals surface area contributed by atoms with Crippen molar-refractivity contribution in [2.75, 3.05) is 11.4 Å².